The Balaban J connectivity index is 0.000000238. The second-order valence-corrected chi connectivity index (χ2v) is 5.95. The first kappa shape index (κ1) is 18.6. The monoisotopic (exact) mass is 316 g/mol. The van der Waals surface area contributed by atoms with Crippen molar-refractivity contribution in [3.8, 4) is 11.5 Å². The zero-order valence-corrected chi connectivity index (χ0v) is 13.9. The lowest BCUT2D eigenvalue weighted by Crippen LogP contribution is -1.98. The number of carbonyl (C=O) groups is 1. The largest absolute Gasteiger partial charge is 0.508 e. The Hall–Kier alpha value is -2.49. The van der Waals surface area contributed by atoms with E-state index >= 15 is 0 Å². The molecule has 0 aromatic heterocycles. The maximum atomic E-state index is 10.6. The lowest BCUT2D eigenvalue weighted by molar-refractivity contribution is 0.0696. The van der Waals surface area contributed by atoms with Gasteiger partial charge in [-0.05, 0) is 47.2 Å². The van der Waals surface area contributed by atoms with E-state index in [0.29, 0.717) is 17.2 Å². The molecule has 2 aromatic rings. The number of aromatic carboxylic acids is 1. The maximum Gasteiger partial charge on any atom is 0.335 e. The number of aromatic hydroxyl groups is 2. The minimum absolute atomic E-state index is 0.124. The number of phenolic OH excluding ortho intramolecular Hbond substituents is 2. The van der Waals surface area contributed by atoms with E-state index < -0.39 is 5.97 Å². The van der Waals surface area contributed by atoms with E-state index in [2.05, 4.69) is 13.8 Å². The smallest absolute Gasteiger partial charge is 0.335 e. The molecule has 0 bridgehead atoms. The van der Waals surface area contributed by atoms with Gasteiger partial charge in [0.15, 0.2) is 0 Å². The average Bonchev–Trinajstić information content (AvgIpc) is 2.48. The number of carboxylic acids is 1. The summed E-state index contributed by atoms with van der Waals surface area (Å²) in [7, 11) is 0. The number of carboxylic acid groups (broad SMARTS) is 1. The van der Waals surface area contributed by atoms with Gasteiger partial charge < -0.3 is 15.3 Å². The lowest BCUT2D eigenvalue weighted by atomic mass is 10.00. The van der Waals surface area contributed by atoms with Crippen molar-refractivity contribution in [2.24, 2.45) is 0 Å². The third kappa shape index (κ3) is 5.33. The number of benzene rings is 2. The summed E-state index contributed by atoms with van der Waals surface area (Å²) >= 11 is 0. The molecule has 0 saturated heterocycles. The van der Waals surface area contributed by atoms with Gasteiger partial charge in [0, 0.05) is 0 Å². The van der Waals surface area contributed by atoms with Crippen LogP contribution in [-0.4, -0.2) is 21.3 Å². The Morgan fingerprint density at radius 1 is 0.826 bits per heavy atom. The molecule has 0 amide bonds. The molecule has 4 nitrogen and oxygen atoms in total. The summed E-state index contributed by atoms with van der Waals surface area (Å²) in [5.74, 6) is 0.111. The third-order valence-electron chi connectivity index (χ3n) is 3.46. The molecular weight excluding hydrogens is 292 g/mol. The Bertz CT molecular complexity index is 660. The summed E-state index contributed by atoms with van der Waals surface area (Å²) in [6, 6.07) is 11.7. The minimum atomic E-state index is -0.970. The Kier molecular flexibility index (Phi) is 6.64. The third-order valence-corrected chi connectivity index (χ3v) is 3.46. The van der Waals surface area contributed by atoms with Gasteiger partial charge in [0.1, 0.15) is 11.5 Å². The van der Waals surface area contributed by atoms with Crippen LogP contribution in [0.4, 0.5) is 0 Å². The fourth-order valence-corrected chi connectivity index (χ4v) is 2.13. The number of para-hydroxylation sites is 1. The van der Waals surface area contributed by atoms with Crippen LogP contribution in [-0.2, 0) is 0 Å². The first-order valence-electron chi connectivity index (χ1n) is 7.58. The highest BCUT2D eigenvalue weighted by Crippen LogP contribution is 2.26. The minimum Gasteiger partial charge on any atom is -0.508 e. The van der Waals surface area contributed by atoms with Gasteiger partial charge in [-0.1, -0.05) is 45.9 Å². The van der Waals surface area contributed by atoms with E-state index in [4.69, 9.17) is 5.11 Å². The molecule has 0 aliphatic heterocycles. The first-order chi connectivity index (χ1) is 10.7. The van der Waals surface area contributed by atoms with Crippen LogP contribution in [0.1, 0.15) is 61.0 Å². The molecule has 0 aliphatic carbocycles. The number of phenols is 2. The van der Waals surface area contributed by atoms with E-state index in [-0.39, 0.29) is 17.2 Å². The molecule has 23 heavy (non-hydrogen) atoms. The van der Waals surface area contributed by atoms with Crippen LogP contribution in [0.2, 0.25) is 0 Å². The van der Waals surface area contributed by atoms with Crippen LogP contribution in [0.3, 0.4) is 0 Å². The predicted molar refractivity (Wildman–Crippen MR) is 91.4 cm³/mol. The molecular formula is C19H24O4. The topological polar surface area (TPSA) is 77.8 Å². The second-order valence-electron chi connectivity index (χ2n) is 5.95. The molecule has 0 fully saturated rings. The number of hydrogen-bond donors (Lipinski definition) is 3. The average molecular weight is 316 g/mol. The maximum absolute atomic E-state index is 10.6. The van der Waals surface area contributed by atoms with Gasteiger partial charge in [0.25, 0.3) is 0 Å². The molecule has 0 atom stereocenters. The highest BCUT2D eigenvalue weighted by atomic mass is 16.4. The van der Waals surface area contributed by atoms with E-state index in [0.717, 1.165) is 5.56 Å². The van der Waals surface area contributed by atoms with Crippen LogP contribution in [0.5, 0.6) is 11.5 Å². The zero-order chi connectivity index (χ0) is 17.6. The molecule has 2 rings (SSSR count). The molecule has 0 spiro atoms. The number of rotatable bonds is 3. The summed E-state index contributed by atoms with van der Waals surface area (Å²) < 4.78 is 0. The van der Waals surface area contributed by atoms with Gasteiger partial charge in [-0.25, -0.2) is 4.79 Å². The fraction of sp³-hybridized carbons (Fsp3) is 0.316. The normalized spacial score (nSPS) is 10.3. The van der Waals surface area contributed by atoms with Crippen LogP contribution in [0, 0.1) is 0 Å². The molecule has 0 saturated carbocycles. The van der Waals surface area contributed by atoms with Crippen molar-refractivity contribution < 1.29 is 20.1 Å². The molecule has 0 radical (unpaired) electrons. The van der Waals surface area contributed by atoms with Crippen molar-refractivity contribution in [2.45, 2.75) is 39.5 Å². The van der Waals surface area contributed by atoms with Crippen LogP contribution >= 0.6 is 0 Å². The standard InChI is InChI=1S/C10H12O3.C9H12O/c1-6(2)8-5-7(10(12)13)3-4-9(8)11;1-7(2)8-5-3-4-6-9(8)10/h3-6,11H,1-2H3,(H,12,13);3-7,10H,1-2H3. The molecule has 0 heterocycles. The zero-order valence-electron chi connectivity index (χ0n) is 13.9. The van der Waals surface area contributed by atoms with Gasteiger partial charge >= 0.3 is 5.97 Å². The van der Waals surface area contributed by atoms with Crippen LogP contribution in [0.15, 0.2) is 42.5 Å². The van der Waals surface area contributed by atoms with E-state index in [1.165, 1.54) is 18.2 Å². The lowest BCUT2D eigenvalue weighted by Gasteiger charge is -2.08. The predicted octanol–water partition coefficient (Wildman–Crippen LogP) is 4.73. The molecule has 2 aromatic carbocycles. The van der Waals surface area contributed by atoms with E-state index in [9.17, 15) is 15.0 Å². The Morgan fingerprint density at radius 2 is 1.35 bits per heavy atom. The van der Waals surface area contributed by atoms with Crippen molar-refractivity contribution in [1.29, 1.82) is 0 Å². The van der Waals surface area contributed by atoms with Gasteiger partial charge in [-0.2, -0.15) is 0 Å². The molecule has 124 valence electrons. The molecule has 3 N–H and O–H groups in total. The van der Waals surface area contributed by atoms with Crippen molar-refractivity contribution >= 4 is 5.97 Å². The fourth-order valence-electron chi connectivity index (χ4n) is 2.13. The second kappa shape index (κ2) is 8.22. The van der Waals surface area contributed by atoms with E-state index in [1.54, 1.807) is 6.07 Å². The van der Waals surface area contributed by atoms with Crippen molar-refractivity contribution in [3.05, 3.63) is 59.2 Å². The molecule has 0 unspecified atom stereocenters. The molecule has 0 aliphatic rings. The highest BCUT2D eigenvalue weighted by Gasteiger charge is 2.09. The summed E-state index contributed by atoms with van der Waals surface area (Å²) in [5.41, 5.74) is 1.89. The number of hydrogen-bond acceptors (Lipinski definition) is 3. The summed E-state index contributed by atoms with van der Waals surface area (Å²) in [5, 5.41) is 27.4. The molecule has 4 heteroatoms. The summed E-state index contributed by atoms with van der Waals surface area (Å²) in [6.45, 7) is 7.94. The summed E-state index contributed by atoms with van der Waals surface area (Å²) in [4.78, 5) is 10.6. The van der Waals surface area contributed by atoms with Crippen molar-refractivity contribution in [3.63, 3.8) is 0 Å². The SMILES string of the molecule is CC(C)c1cc(C(=O)O)ccc1O.CC(C)c1ccccc1O. The van der Waals surface area contributed by atoms with Gasteiger partial charge in [0.05, 0.1) is 5.56 Å². The Labute approximate surface area is 137 Å². The van der Waals surface area contributed by atoms with Crippen molar-refractivity contribution in [2.75, 3.05) is 0 Å². The van der Waals surface area contributed by atoms with Crippen molar-refractivity contribution in [1.82, 2.24) is 0 Å². The van der Waals surface area contributed by atoms with Crippen LogP contribution in [0.25, 0.3) is 0 Å². The quantitative estimate of drug-likeness (QED) is 0.765. The first-order valence-corrected chi connectivity index (χ1v) is 7.58. The Morgan fingerprint density at radius 3 is 1.78 bits per heavy atom. The van der Waals surface area contributed by atoms with Crippen LogP contribution < -0.4 is 0 Å². The van der Waals surface area contributed by atoms with E-state index in [1.807, 2.05) is 32.0 Å². The summed E-state index contributed by atoms with van der Waals surface area (Å²) in [6.07, 6.45) is 0. The van der Waals surface area contributed by atoms with Gasteiger partial charge in [-0.15, -0.1) is 0 Å². The highest BCUT2D eigenvalue weighted by molar-refractivity contribution is 5.88. The van der Waals surface area contributed by atoms with Gasteiger partial charge in [0.2, 0.25) is 0 Å². The van der Waals surface area contributed by atoms with Gasteiger partial charge in [-0.3, -0.25) is 0 Å².